The number of rotatable bonds is 7. The van der Waals surface area contributed by atoms with Crippen LogP contribution in [-0.2, 0) is 9.53 Å². The van der Waals surface area contributed by atoms with Crippen LogP contribution >= 0.6 is 0 Å². The lowest BCUT2D eigenvalue weighted by molar-refractivity contribution is -0.134. The Kier molecular flexibility index (Phi) is 9.07. The summed E-state index contributed by atoms with van der Waals surface area (Å²) in [5.74, 6) is 0.915. The van der Waals surface area contributed by atoms with E-state index in [1.165, 1.54) is 32.1 Å². The van der Waals surface area contributed by atoms with Crippen LogP contribution in [0.1, 0.15) is 75.1 Å². The van der Waals surface area contributed by atoms with Crippen molar-refractivity contribution in [1.29, 1.82) is 0 Å². The van der Waals surface area contributed by atoms with Crippen LogP contribution < -0.4 is 20.7 Å². The van der Waals surface area contributed by atoms with E-state index >= 15 is 0 Å². The fourth-order valence-electron chi connectivity index (χ4n) is 5.45. The number of hydrogen-bond donors (Lipinski definition) is 3. The van der Waals surface area contributed by atoms with Gasteiger partial charge in [0.1, 0.15) is 18.5 Å². The summed E-state index contributed by atoms with van der Waals surface area (Å²) < 4.78 is 12.3. The number of amides is 4. The fraction of sp³-hybridized carbons (Fsp3) is 0.667. The Balaban J connectivity index is 1.34. The number of ether oxygens (including phenoxy) is 2. The molecular formula is C27H40N4O5. The summed E-state index contributed by atoms with van der Waals surface area (Å²) in [5.41, 5.74) is 0.942. The lowest BCUT2D eigenvalue weighted by Gasteiger charge is -2.42. The van der Waals surface area contributed by atoms with Gasteiger partial charge in [-0.3, -0.25) is 9.59 Å². The minimum Gasteiger partial charge on any atom is -0.490 e. The third-order valence-electron chi connectivity index (χ3n) is 7.53. The molecule has 4 rings (SSSR count). The van der Waals surface area contributed by atoms with Gasteiger partial charge in [0.05, 0.1) is 24.1 Å². The number of hydrogen-bond acceptors (Lipinski definition) is 5. The Morgan fingerprint density at radius 2 is 1.89 bits per heavy atom. The maximum atomic E-state index is 13.3. The van der Waals surface area contributed by atoms with Crippen LogP contribution in [0.5, 0.6) is 5.75 Å². The van der Waals surface area contributed by atoms with E-state index < -0.39 is 0 Å². The van der Waals surface area contributed by atoms with Crippen molar-refractivity contribution in [3.63, 3.8) is 0 Å². The quantitative estimate of drug-likeness (QED) is 0.529. The van der Waals surface area contributed by atoms with Crippen molar-refractivity contribution in [3.8, 4) is 5.75 Å². The van der Waals surface area contributed by atoms with Crippen molar-refractivity contribution in [3.05, 3.63) is 23.8 Å². The molecule has 3 N–H and O–H groups in total. The van der Waals surface area contributed by atoms with Crippen LogP contribution in [0.15, 0.2) is 18.2 Å². The Bertz CT molecular complexity index is 933. The number of benzene rings is 1. The second-order valence-electron chi connectivity index (χ2n) is 10.3. The SMILES string of the molecule is CCCNC(=O)Nc1ccc2c(c1)C(=O)N(C)[C@@H]1CC[C@H](CC(=O)NCC3CCCCC3)O[C@H]1CO2. The van der Waals surface area contributed by atoms with Gasteiger partial charge in [-0.25, -0.2) is 4.79 Å². The minimum absolute atomic E-state index is 0.0357. The van der Waals surface area contributed by atoms with E-state index in [-0.39, 0.29) is 36.1 Å². The molecule has 1 saturated carbocycles. The minimum atomic E-state index is -0.311. The topological polar surface area (TPSA) is 109 Å². The smallest absolute Gasteiger partial charge is 0.319 e. The number of carbonyl (C=O) groups excluding carboxylic acids is 3. The molecule has 36 heavy (non-hydrogen) atoms. The normalized spacial score (nSPS) is 24.4. The molecule has 0 unspecified atom stereocenters. The molecule has 9 heteroatoms. The maximum Gasteiger partial charge on any atom is 0.319 e. The van der Waals surface area contributed by atoms with Gasteiger partial charge in [0.15, 0.2) is 0 Å². The lowest BCUT2D eigenvalue weighted by Crippen LogP contribution is -2.54. The summed E-state index contributed by atoms with van der Waals surface area (Å²) in [7, 11) is 1.78. The van der Waals surface area contributed by atoms with Crippen LogP contribution in [0, 0.1) is 5.92 Å². The van der Waals surface area contributed by atoms with Gasteiger partial charge >= 0.3 is 6.03 Å². The van der Waals surface area contributed by atoms with Gasteiger partial charge in [-0.05, 0) is 56.2 Å². The number of nitrogens with zero attached hydrogens (tertiary/aromatic N) is 1. The van der Waals surface area contributed by atoms with Gasteiger partial charge in [0, 0.05) is 25.8 Å². The molecule has 2 aliphatic heterocycles. The van der Waals surface area contributed by atoms with Gasteiger partial charge in [-0.2, -0.15) is 0 Å². The number of carbonyl (C=O) groups is 3. The predicted molar refractivity (Wildman–Crippen MR) is 137 cm³/mol. The van der Waals surface area contributed by atoms with E-state index in [1.54, 1.807) is 30.1 Å². The molecule has 198 valence electrons. The summed E-state index contributed by atoms with van der Waals surface area (Å²) in [6.45, 7) is 3.60. The molecule has 1 aromatic carbocycles. The molecule has 2 heterocycles. The molecule has 0 radical (unpaired) electrons. The molecule has 9 nitrogen and oxygen atoms in total. The van der Waals surface area contributed by atoms with Crippen LogP contribution in [0.25, 0.3) is 0 Å². The zero-order valence-electron chi connectivity index (χ0n) is 21.5. The van der Waals surface area contributed by atoms with Gasteiger partial charge in [-0.1, -0.05) is 26.2 Å². The number of fused-ring (bicyclic) bond motifs is 2. The number of likely N-dealkylation sites (N-methyl/N-ethyl adjacent to an activating group) is 1. The zero-order valence-corrected chi connectivity index (χ0v) is 21.5. The highest BCUT2D eigenvalue weighted by Crippen LogP contribution is 2.32. The van der Waals surface area contributed by atoms with Crippen LogP contribution in [0.3, 0.4) is 0 Å². The third-order valence-corrected chi connectivity index (χ3v) is 7.53. The molecule has 1 aliphatic carbocycles. The average Bonchev–Trinajstić information content (AvgIpc) is 2.89. The first kappa shape index (κ1) is 26.3. The first-order chi connectivity index (χ1) is 17.4. The Labute approximate surface area is 213 Å². The maximum absolute atomic E-state index is 13.3. The highest BCUT2D eigenvalue weighted by molar-refractivity contribution is 5.99. The molecule has 3 aliphatic rings. The summed E-state index contributed by atoms with van der Waals surface area (Å²) >= 11 is 0. The van der Waals surface area contributed by atoms with E-state index in [2.05, 4.69) is 16.0 Å². The summed E-state index contributed by atoms with van der Waals surface area (Å²) in [4.78, 5) is 39.7. The molecule has 0 spiro atoms. The van der Waals surface area contributed by atoms with Gasteiger partial charge in [0.2, 0.25) is 5.91 Å². The van der Waals surface area contributed by atoms with Gasteiger partial charge in [0.25, 0.3) is 5.91 Å². The lowest BCUT2D eigenvalue weighted by atomic mass is 9.89. The van der Waals surface area contributed by atoms with E-state index in [4.69, 9.17) is 9.47 Å². The van der Waals surface area contributed by atoms with E-state index in [0.29, 0.717) is 48.9 Å². The second-order valence-corrected chi connectivity index (χ2v) is 10.3. The van der Waals surface area contributed by atoms with Crippen molar-refractivity contribution in [2.45, 2.75) is 83.0 Å². The molecule has 2 fully saturated rings. The molecule has 0 bridgehead atoms. The third kappa shape index (κ3) is 6.69. The number of anilines is 1. The van der Waals surface area contributed by atoms with Gasteiger partial charge < -0.3 is 30.3 Å². The Hall–Kier alpha value is -2.81. The highest BCUT2D eigenvalue weighted by atomic mass is 16.5. The summed E-state index contributed by atoms with van der Waals surface area (Å²) in [6.07, 6.45) is 8.36. The Morgan fingerprint density at radius 1 is 1.08 bits per heavy atom. The van der Waals surface area contributed by atoms with Crippen LogP contribution in [0.2, 0.25) is 0 Å². The molecular weight excluding hydrogens is 460 g/mol. The molecule has 1 aromatic rings. The fourth-order valence-corrected chi connectivity index (χ4v) is 5.45. The van der Waals surface area contributed by atoms with E-state index in [9.17, 15) is 14.4 Å². The number of nitrogens with one attached hydrogen (secondary N) is 3. The molecule has 4 amide bonds. The van der Waals surface area contributed by atoms with E-state index in [1.807, 2.05) is 6.92 Å². The standard InChI is InChI=1S/C27H40N4O5/c1-3-13-28-27(34)30-19-9-12-23-21(14-19)26(33)31(2)22-11-10-20(36-24(22)17-35-23)15-25(32)29-16-18-7-5-4-6-8-18/h9,12,14,18,20,22,24H,3-8,10-11,13,15-17H2,1-2H3,(H,29,32)(H2,28,30,34)/t20-,22-,24+/m1/s1. The Morgan fingerprint density at radius 3 is 2.67 bits per heavy atom. The van der Waals surface area contributed by atoms with Crippen LogP contribution in [-0.4, -0.2) is 67.7 Å². The second kappa shape index (κ2) is 12.4. The van der Waals surface area contributed by atoms with E-state index in [0.717, 1.165) is 19.4 Å². The molecule has 3 atom stereocenters. The van der Waals surface area contributed by atoms with Crippen molar-refractivity contribution < 1.29 is 23.9 Å². The van der Waals surface area contributed by atoms with Gasteiger partial charge in [-0.15, -0.1) is 0 Å². The molecule has 0 aromatic heterocycles. The first-order valence-electron chi connectivity index (χ1n) is 13.5. The van der Waals surface area contributed by atoms with Crippen molar-refractivity contribution in [1.82, 2.24) is 15.5 Å². The summed E-state index contributed by atoms with van der Waals surface area (Å²) in [5, 5.41) is 8.64. The largest absolute Gasteiger partial charge is 0.490 e. The van der Waals surface area contributed by atoms with Crippen molar-refractivity contribution >= 4 is 23.5 Å². The monoisotopic (exact) mass is 500 g/mol. The average molecular weight is 501 g/mol. The highest BCUT2D eigenvalue weighted by Gasteiger charge is 2.39. The van der Waals surface area contributed by atoms with Crippen molar-refractivity contribution in [2.75, 3.05) is 32.1 Å². The number of urea groups is 1. The summed E-state index contributed by atoms with van der Waals surface area (Å²) in [6, 6.07) is 4.63. The predicted octanol–water partition coefficient (Wildman–Crippen LogP) is 3.69. The van der Waals surface area contributed by atoms with Crippen LogP contribution in [0.4, 0.5) is 10.5 Å². The zero-order chi connectivity index (χ0) is 25.5. The van der Waals surface area contributed by atoms with Crippen molar-refractivity contribution in [2.24, 2.45) is 5.92 Å². The molecule has 1 saturated heterocycles. The first-order valence-corrected chi connectivity index (χ1v) is 13.5.